The molecule has 1 amide bonds. The second kappa shape index (κ2) is 6.64. The molecule has 1 aromatic carbocycles. The lowest BCUT2D eigenvalue weighted by molar-refractivity contribution is -0.140. The molecule has 6 heteroatoms. The number of carboxylic acids is 1. The Hall–Kier alpha value is -2.63. The first kappa shape index (κ1) is 16.7. The fourth-order valence-electron chi connectivity index (χ4n) is 2.41. The topological polar surface area (TPSA) is 95.1 Å². The third-order valence-electron chi connectivity index (χ3n) is 3.70. The number of hydrogen-bond donors (Lipinski definition) is 3. The fourth-order valence-corrected chi connectivity index (χ4v) is 2.41. The molecule has 0 saturated heterocycles. The summed E-state index contributed by atoms with van der Waals surface area (Å²) in [4.78, 5) is 23.4. The normalized spacial score (nSPS) is 12.2. The van der Waals surface area contributed by atoms with E-state index in [4.69, 9.17) is 5.11 Å². The Bertz CT molecular complexity index is 734. The van der Waals surface area contributed by atoms with E-state index in [1.54, 1.807) is 19.9 Å². The first-order valence-corrected chi connectivity index (χ1v) is 7.46. The van der Waals surface area contributed by atoms with E-state index in [9.17, 15) is 9.59 Å². The zero-order chi connectivity index (χ0) is 17.1. The summed E-state index contributed by atoms with van der Waals surface area (Å²) in [7, 11) is 0. The summed E-state index contributed by atoms with van der Waals surface area (Å²) in [5.41, 5.74) is 4.05. The molecule has 0 aliphatic carbocycles. The minimum absolute atomic E-state index is 0.210. The van der Waals surface area contributed by atoms with Gasteiger partial charge in [-0.1, -0.05) is 37.6 Å². The average Bonchev–Trinajstić information content (AvgIpc) is 2.93. The molecule has 6 nitrogen and oxygen atoms in total. The van der Waals surface area contributed by atoms with Crippen LogP contribution in [0.5, 0.6) is 0 Å². The van der Waals surface area contributed by atoms with E-state index < -0.39 is 17.9 Å². The van der Waals surface area contributed by atoms with Crippen molar-refractivity contribution in [2.24, 2.45) is 5.92 Å². The van der Waals surface area contributed by atoms with Crippen molar-refractivity contribution in [2.75, 3.05) is 0 Å². The SMILES string of the molecule is Cc1ccc(-c2cc(C(=O)N[C@H](C(=O)O)C(C)C)[nH]n2)c(C)c1. The van der Waals surface area contributed by atoms with Crippen LogP contribution in [0.25, 0.3) is 11.3 Å². The van der Waals surface area contributed by atoms with Crippen molar-refractivity contribution >= 4 is 11.9 Å². The Labute approximate surface area is 134 Å². The first-order chi connectivity index (χ1) is 10.8. The van der Waals surface area contributed by atoms with Gasteiger partial charge in [0.05, 0.1) is 5.69 Å². The molecule has 23 heavy (non-hydrogen) atoms. The predicted octanol–water partition coefficient (Wildman–Crippen LogP) is 2.53. The molecule has 0 bridgehead atoms. The lowest BCUT2D eigenvalue weighted by atomic mass is 10.0. The number of aromatic nitrogens is 2. The molecule has 0 unspecified atom stereocenters. The van der Waals surface area contributed by atoms with E-state index in [2.05, 4.69) is 15.5 Å². The monoisotopic (exact) mass is 315 g/mol. The molecule has 0 spiro atoms. The number of aromatic amines is 1. The second-order valence-electron chi connectivity index (χ2n) is 6.02. The molecule has 0 aliphatic heterocycles. The largest absolute Gasteiger partial charge is 0.480 e. The van der Waals surface area contributed by atoms with Gasteiger partial charge in [0.25, 0.3) is 5.91 Å². The minimum Gasteiger partial charge on any atom is -0.480 e. The molecule has 3 N–H and O–H groups in total. The van der Waals surface area contributed by atoms with E-state index in [1.165, 1.54) is 0 Å². The maximum absolute atomic E-state index is 12.2. The highest BCUT2D eigenvalue weighted by molar-refractivity contribution is 5.96. The molecule has 1 aromatic heterocycles. The Balaban J connectivity index is 2.21. The van der Waals surface area contributed by atoms with Gasteiger partial charge >= 0.3 is 5.97 Å². The molecule has 0 radical (unpaired) electrons. The van der Waals surface area contributed by atoms with E-state index in [-0.39, 0.29) is 11.6 Å². The Morgan fingerprint density at radius 3 is 2.48 bits per heavy atom. The third kappa shape index (κ3) is 3.77. The van der Waals surface area contributed by atoms with Crippen LogP contribution in [-0.4, -0.2) is 33.2 Å². The molecule has 1 atom stereocenters. The Morgan fingerprint density at radius 2 is 1.91 bits per heavy atom. The van der Waals surface area contributed by atoms with Crippen molar-refractivity contribution in [3.8, 4) is 11.3 Å². The number of rotatable bonds is 5. The van der Waals surface area contributed by atoms with Crippen LogP contribution in [-0.2, 0) is 4.79 Å². The third-order valence-corrected chi connectivity index (χ3v) is 3.70. The number of aliphatic carboxylic acids is 1. The summed E-state index contributed by atoms with van der Waals surface area (Å²) in [6.45, 7) is 7.48. The number of carbonyl (C=O) groups excluding carboxylic acids is 1. The van der Waals surface area contributed by atoms with Crippen LogP contribution < -0.4 is 5.32 Å². The fraction of sp³-hybridized carbons (Fsp3) is 0.353. The molecule has 122 valence electrons. The number of aryl methyl sites for hydroxylation is 2. The maximum atomic E-state index is 12.2. The highest BCUT2D eigenvalue weighted by Gasteiger charge is 2.24. The summed E-state index contributed by atoms with van der Waals surface area (Å²) >= 11 is 0. The lowest BCUT2D eigenvalue weighted by Crippen LogP contribution is -2.44. The van der Waals surface area contributed by atoms with Crippen LogP contribution in [0.2, 0.25) is 0 Å². The number of H-pyrrole nitrogens is 1. The number of nitrogens with zero attached hydrogens (tertiary/aromatic N) is 1. The second-order valence-corrected chi connectivity index (χ2v) is 6.02. The minimum atomic E-state index is -1.05. The van der Waals surface area contributed by atoms with Gasteiger partial charge < -0.3 is 10.4 Å². The van der Waals surface area contributed by atoms with Crippen LogP contribution in [0.4, 0.5) is 0 Å². The standard InChI is InChI=1S/C17H21N3O3/c1-9(2)15(17(22)23)18-16(21)14-8-13(19-20-14)12-6-5-10(3)7-11(12)4/h5-9,15H,1-4H3,(H,18,21)(H,19,20)(H,22,23)/t15-/m0/s1. The van der Waals surface area contributed by atoms with Crippen LogP contribution in [0.3, 0.4) is 0 Å². The summed E-state index contributed by atoms with van der Waals surface area (Å²) in [5, 5.41) is 18.5. The number of hydrogen-bond acceptors (Lipinski definition) is 3. The number of nitrogens with one attached hydrogen (secondary N) is 2. The molecule has 0 aliphatic rings. The molecule has 0 fully saturated rings. The molecule has 2 aromatic rings. The molecular formula is C17H21N3O3. The van der Waals surface area contributed by atoms with Gasteiger partial charge in [-0.05, 0) is 31.4 Å². The summed E-state index contributed by atoms with van der Waals surface area (Å²) in [6, 6.07) is 6.68. The van der Waals surface area contributed by atoms with Crippen molar-refractivity contribution < 1.29 is 14.7 Å². The number of carbonyl (C=O) groups is 2. The average molecular weight is 315 g/mol. The highest BCUT2D eigenvalue weighted by Crippen LogP contribution is 2.23. The summed E-state index contributed by atoms with van der Waals surface area (Å²) in [5.74, 6) is -1.74. The van der Waals surface area contributed by atoms with Crippen molar-refractivity contribution in [3.63, 3.8) is 0 Å². The van der Waals surface area contributed by atoms with Gasteiger partial charge in [-0.25, -0.2) is 4.79 Å². The van der Waals surface area contributed by atoms with E-state index >= 15 is 0 Å². The number of carboxylic acid groups (broad SMARTS) is 1. The summed E-state index contributed by atoms with van der Waals surface area (Å²) in [6.07, 6.45) is 0. The van der Waals surface area contributed by atoms with Gasteiger partial charge in [0.15, 0.2) is 0 Å². The van der Waals surface area contributed by atoms with E-state index in [1.807, 2.05) is 32.0 Å². The van der Waals surface area contributed by atoms with E-state index in [0.717, 1.165) is 16.7 Å². The number of amides is 1. The van der Waals surface area contributed by atoms with Gasteiger partial charge in [-0.15, -0.1) is 0 Å². The first-order valence-electron chi connectivity index (χ1n) is 7.46. The zero-order valence-electron chi connectivity index (χ0n) is 13.7. The van der Waals surface area contributed by atoms with Gasteiger partial charge in [0.1, 0.15) is 11.7 Å². The number of benzene rings is 1. The quantitative estimate of drug-likeness (QED) is 0.790. The predicted molar refractivity (Wildman–Crippen MR) is 87.2 cm³/mol. The van der Waals surface area contributed by atoms with Gasteiger partial charge in [0, 0.05) is 5.56 Å². The van der Waals surface area contributed by atoms with Gasteiger partial charge in [0.2, 0.25) is 0 Å². The van der Waals surface area contributed by atoms with Crippen molar-refractivity contribution in [1.29, 1.82) is 0 Å². The molecule has 2 rings (SSSR count). The van der Waals surface area contributed by atoms with Crippen molar-refractivity contribution in [3.05, 3.63) is 41.1 Å². The van der Waals surface area contributed by atoms with Crippen LogP contribution in [0.1, 0.15) is 35.5 Å². The lowest BCUT2D eigenvalue weighted by Gasteiger charge is -2.17. The summed E-state index contributed by atoms with van der Waals surface area (Å²) < 4.78 is 0. The molecular weight excluding hydrogens is 294 g/mol. The smallest absolute Gasteiger partial charge is 0.326 e. The van der Waals surface area contributed by atoms with Crippen molar-refractivity contribution in [2.45, 2.75) is 33.7 Å². The van der Waals surface area contributed by atoms with Crippen LogP contribution >= 0.6 is 0 Å². The van der Waals surface area contributed by atoms with E-state index in [0.29, 0.717) is 5.69 Å². The molecule has 1 heterocycles. The Morgan fingerprint density at radius 1 is 1.22 bits per heavy atom. The molecule has 0 saturated carbocycles. The maximum Gasteiger partial charge on any atom is 0.326 e. The zero-order valence-corrected chi connectivity index (χ0v) is 13.7. The van der Waals surface area contributed by atoms with Gasteiger partial charge in [-0.3, -0.25) is 9.89 Å². The van der Waals surface area contributed by atoms with Gasteiger partial charge in [-0.2, -0.15) is 5.10 Å². The van der Waals surface area contributed by atoms with Crippen LogP contribution in [0.15, 0.2) is 24.3 Å². The van der Waals surface area contributed by atoms with Crippen LogP contribution in [0, 0.1) is 19.8 Å². The Kier molecular flexibility index (Phi) is 4.83. The highest BCUT2D eigenvalue weighted by atomic mass is 16.4. The van der Waals surface area contributed by atoms with Crippen molar-refractivity contribution in [1.82, 2.24) is 15.5 Å².